The molecule has 4 rings (SSSR count). The Balaban J connectivity index is 1.57. The number of fused-ring (bicyclic) bond motifs is 1. The van der Waals surface area contributed by atoms with Crippen LogP contribution in [0.4, 0.5) is 5.95 Å². The maximum Gasteiger partial charge on any atom is 0.268 e. The summed E-state index contributed by atoms with van der Waals surface area (Å²) in [6.07, 6.45) is 5.19. The van der Waals surface area contributed by atoms with Gasteiger partial charge in [-0.15, -0.1) is 4.72 Å². The minimum absolute atomic E-state index is 0.00564. The second-order valence-electron chi connectivity index (χ2n) is 8.97. The van der Waals surface area contributed by atoms with Crippen LogP contribution in [-0.4, -0.2) is 41.7 Å². The summed E-state index contributed by atoms with van der Waals surface area (Å²) in [5.74, 6) is 0.687. The average Bonchev–Trinajstić information content (AvgIpc) is 3.21. The molecule has 2 atom stereocenters. The van der Waals surface area contributed by atoms with Crippen molar-refractivity contribution in [3.63, 3.8) is 0 Å². The largest absolute Gasteiger partial charge is 0.598 e. The van der Waals surface area contributed by atoms with Crippen LogP contribution in [0, 0.1) is 5.41 Å². The first kappa shape index (κ1) is 20.9. The van der Waals surface area contributed by atoms with Gasteiger partial charge in [-0.25, -0.2) is 4.98 Å². The maximum absolute atomic E-state index is 12.9. The van der Waals surface area contributed by atoms with E-state index in [4.69, 9.17) is 0 Å². The zero-order valence-corrected chi connectivity index (χ0v) is 19.6. The standard InChI is InChI=1S/C19H27BrN6O2S/c1-18(2,3)29(28)23-15-14-5-8-22-26(14)12-19(15)6-9-25(10-7-19)17-21-11-13(20)16(27)24(17)4/h5,8,11,15,23H,6-7,9-10,12H2,1-4H3/t15-,29?/m1/s1. The summed E-state index contributed by atoms with van der Waals surface area (Å²) in [6, 6.07) is 2.02. The van der Waals surface area contributed by atoms with E-state index < -0.39 is 11.4 Å². The minimum atomic E-state index is -1.17. The van der Waals surface area contributed by atoms with Crippen molar-refractivity contribution >= 4 is 33.2 Å². The van der Waals surface area contributed by atoms with Crippen molar-refractivity contribution in [3.05, 3.63) is 39.0 Å². The molecule has 0 aliphatic carbocycles. The Hall–Kier alpha value is -1.36. The highest BCUT2D eigenvalue weighted by Crippen LogP contribution is 2.49. The van der Waals surface area contributed by atoms with Gasteiger partial charge in [0.1, 0.15) is 15.3 Å². The quantitative estimate of drug-likeness (QED) is 0.673. The first-order valence-corrected chi connectivity index (χ1v) is 11.7. The first-order valence-electron chi connectivity index (χ1n) is 9.79. The monoisotopic (exact) mass is 482 g/mol. The molecule has 0 amide bonds. The van der Waals surface area contributed by atoms with E-state index in [1.54, 1.807) is 17.8 Å². The van der Waals surface area contributed by atoms with Crippen LogP contribution in [0.3, 0.4) is 0 Å². The summed E-state index contributed by atoms with van der Waals surface area (Å²) in [4.78, 5) is 18.9. The van der Waals surface area contributed by atoms with Gasteiger partial charge in [0.25, 0.3) is 5.56 Å². The molecule has 2 aliphatic heterocycles. The number of aromatic nitrogens is 4. The Bertz CT molecular complexity index is 960. The fraction of sp³-hybridized carbons (Fsp3) is 0.632. The highest BCUT2D eigenvalue weighted by atomic mass is 79.9. The molecule has 1 fully saturated rings. The van der Waals surface area contributed by atoms with Crippen molar-refractivity contribution < 1.29 is 4.55 Å². The van der Waals surface area contributed by atoms with E-state index in [1.807, 2.05) is 37.7 Å². The first-order chi connectivity index (χ1) is 13.6. The Morgan fingerprint density at radius 3 is 2.69 bits per heavy atom. The van der Waals surface area contributed by atoms with Crippen LogP contribution in [0.25, 0.3) is 0 Å². The van der Waals surface area contributed by atoms with Crippen molar-refractivity contribution in [2.75, 3.05) is 18.0 Å². The number of hydrogen-bond acceptors (Lipinski definition) is 6. The molecule has 1 saturated heterocycles. The predicted molar refractivity (Wildman–Crippen MR) is 117 cm³/mol. The van der Waals surface area contributed by atoms with Crippen LogP contribution in [0.1, 0.15) is 45.3 Å². The van der Waals surface area contributed by atoms with Gasteiger partial charge >= 0.3 is 0 Å². The summed E-state index contributed by atoms with van der Waals surface area (Å²) < 4.78 is 20.1. The van der Waals surface area contributed by atoms with Gasteiger partial charge in [-0.05, 0) is 55.6 Å². The van der Waals surface area contributed by atoms with Crippen molar-refractivity contribution in [2.24, 2.45) is 12.5 Å². The van der Waals surface area contributed by atoms with Crippen molar-refractivity contribution in [3.8, 4) is 0 Å². The Morgan fingerprint density at radius 1 is 1.34 bits per heavy atom. The van der Waals surface area contributed by atoms with Gasteiger partial charge in [-0.1, -0.05) is 0 Å². The van der Waals surface area contributed by atoms with Gasteiger partial charge in [-0.2, -0.15) is 5.10 Å². The fourth-order valence-corrected chi connectivity index (χ4v) is 5.60. The number of nitrogens with one attached hydrogen (secondary N) is 1. The zero-order chi connectivity index (χ0) is 21.0. The smallest absolute Gasteiger partial charge is 0.268 e. The third-order valence-electron chi connectivity index (χ3n) is 6.05. The molecule has 2 aliphatic rings. The van der Waals surface area contributed by atoms with Crippen LogP contribution >= 0.6 is 15.9 Å². The van der Waals surface area contributed by atoms with Gasteiger partial charge in [0, 0.05) is 49.7 Å². The van der Waals surface area contributed by atoms with Gasteiger partial charge < -0.3 is 9.45 Å². The Kier molecular flexibility index (Phi) is 5.33. The second kappa shape index (κ2) is 7.40. The number of nitrogens with zero attached hydrogens (tertiary/aromatic N) is 5. The summed E-state index contributed by atoms with van der Waals surface area (Å²) >= 11 is 2.08. The van der Waals surface area contributed by atoms with Gasteiger partial charge in [0.05, 0.1) is 11.9 Å². The van der Waals surface area contributed by atoms with Gasteiger partial charge in [0.2, 0.25) is 5.95 Å². The summed E-state index contributed by atoms with van der Waals surface area (Å²) in [5.41, 5.74) is 0.969. The van der Waals surface area contributed by atoms with E-state index in [-0.39, 0.29) is 21.8 Å². The molecule has 0 radical (unpaired) electrons. The minimum Gasteiger partial charge on any atom is -0.598 e. The van der Waals surface area contributed by atoms with E-state index in [2.05, 4.69) is 35.6 Å². The molecule has 158 valence electrons. The van der Waals surface area contributed by atoms with Crippen LogP contribution in [-0.2, 0) is 25.0 Å². The number of hydrogen-bond donors (Lipinski definition) is 1. The van der Waals surface area contributed by atoms with E-state index in [0.717, 1.165) is 38.2 Å². The molecule has 1 N–H and O–H groups in total. The number of rotatable bonds is 3. The van der Waals surface area contributed by atoms with Crippen molar-refractivity contribution in [1.82, 2.24) is 24.1 Å². The number of piperidine rings is 1. The summed E-state index contributed by atoms with van der Waals surface area (Å²) in [7, 11) is 1.75. The topological polar surface area (TPSA) is 91.0 Å². The molecule has 4 heterocycles. The molecule has 0 saturated carbocycles. The third kappa shape index (κ3) is 3.64. The number of halogens is 1. The maximum atomic E-state index is 12.9. The average molecular weight is 483 g/mol. The van der Waals surface area contributed by atoms with Gasteiger partial charge in [-0.3, -0.25) is 14.0 Å². The lowest BCUT2D eigenvalue weighted by Gasteiger charge is -2.43. The molecule has 8 nitrogen and oxygen atoms in total. The second-order valence-corrected chi connectivity index (χ2v) is 11.8. The molecule has 1 unspecified atom stereocenters. The van der Waals surface area contributed by atoms with Gasteiger partial charge in [0.15, 0.2) is 0 Å². The lowest BCUT2D eigenvalue weighted by Crippen LogP contribution is -2.50. The lowest BCUT2D eigenvalue weighted by molar-refractivity contribution is 0.159. The molecule has 1 spiro atoms. The summed E-state index contributed by atoms with van der Waals surface area (Å²) in [6.45, 7) is 8.33. The van der Waals surface area contributed by atoms with E-state index in [1.165, 1.54) is 0 Å². The van der Waals surface area contributed by atoms with E-state index in [0.29, 0.717) is 10.4 Å². The zero-order valence-electron chi connectivity index (χ0n) is 17.2. The summed E-state index contributed by atoms with van der Waals surface area (Å²) in [5, 5.41) is 4.48. The van der Waals surface area contributed by atoms with Crippen LogP contribution in [0.2, 0.25) is 0 Å². The Labute approximate surface area is 182 Å². The molecular formula is C19H27BrN6O2S. The Morgan fingerprint density at radius 2 is 2.03 bits per heavy atom. The predicted octanol–water partition coefficient (Wildman–Crippen LogP) is 2.13. The van der Waals surface area contributed by atoms with Crippen LogP contribution in [0.15, 0.2) is 27.7 Å². The molecule has 2 aromatic heterocycles. The molecule has 2 aromatic rings. The number of anilines is 1. The van der Waals surface area contributed by atoms with Crippen molar-refractivity contribution in [2.45, 2.75) is 50.9 Å². The lowest BCUT2D eigenvalue weighted by atomic mass is 9.73. The van der Waals surface area contributed by atoms with E-state index in [9.17, 15) is 9.35 Å². The highest BCUT2D eigenvalue weighted by molar-refractivity contribution is 9.10. The van der Waals surface area contributed by atoms with Crippen LogP contribution < -0.4 is 15.2 Å². The molecule has 0 bridgehead atoms. The SMILES string of the molecule is Cn1c(N2CCC3(CC2)Cn2nccc2[C@H]3N[S+]([O-])C(C)(C)C)ncc(Br)c1=O. The molecule has 10 heteroatoms. The molecule has 29 heavy (non-hydrogen) atoms. The van der Waals surface area contributed by atoms with Crippen LogP contribution in [0.5, 0.6) is 0 Å². The highest BCUT2D eigenvalue weighted by Gasteiger charge is 2.51. The normalized spacial score (nSPS) is 22.1. The molecular weight excluding hydrogens is 456 g/mol. The van der Waals surface area contributed by atoms with E-state index >= 15 is 0 Å². The van der Waals surface area contributed by atoms with Crippen molar-refractivity contribution in [1.29, 1.82) is 0 Å². The third-order valence-corrected chi connectivity index (χ3v) is 8.15. The molecule has 0 aromatic carbocycles. The fourth-order valence-electron chi connectivity index (χ4n) is 4.29.